The summed E-state index contributed by atoms with van der Waals surface area (Å²) in [4.78, 5) is 33.5. The van der Waals surface area contributed by atoms with Gasteiger partial charge in [0.1, 0.15) is 5.82 Å². The summed E-state index contributed by atoms with van der Waals surface area (Å²) in [5, 5.41) is 8.76. The number of carbonyl (C=O) groups is 2. The molecule has 1 aromatic rings. The molecule has 0 aliphatic rings. The van der Waals surface area contributed by atoms with Gasteiger partial charge in [-0.1, -0.05) is 6.92 Å². The van der Waals surface area contributed by atoms with Gasteiger partial charge in [0.25, 0.3) is 0 Å². The van der Waals surface area contributed by atoms with Crippen molar-refractivity contribution in [1.29, 1.82) is 0 Å². The van der Waals surface area contributed by atoms with Crippen molar-refractivity contribution in [3.63, 3.8) is 0 Å². The zero-order chi connectivity index (χ0) is 14.4. The normalized spacial score (nSPS) is 10.1. The third kappa shape index (κ3) is 4.20. The van der Waals surface area contributed by atoms with Gasteiger partial charge in [-0.3, -0.25) is 4.79 Å². The van der Waals surface area contributed by atoms with Gasteiger partial charge in [-0.05, 0) is 6.42 Å². The fraction of sp³-hybridized carbons (Fsp3) is 0.500. The number of carboxylic acids is 1. The number of hydrogen-bond acceptors (Lipinski definition) is 5. The highest BCUT2D eigenvalue weighted by Crippen LogP contribution is 2.10. The number of anilines is 1. The number of hydrogen-bond donors (Lipinski definition) is 1. The number of likely N-dealkylation sites (N-methyl/N-ethyl adjacent to an activating group) is 1. The van der Waals surface area contributed by atoms with Crippen molar-refractivity contribution in [1.82, 2.24) is 14.9 Å². The van der Waals surface area contributed by atoms with Crippen LogP contribution in [-0.2, 0) is 4.79 Å². The third-order valence-electron chi connectivity index (χ3n) is 2.50. The van der Waals surface area contributed by atoms with E-state index in [2.05, 4.69) is 9.97 Å². The molecule has 0 atom stereocenters. The minimum absolute atomic E-state index is 0.0439. The maximum absolute atomic E-state index is 11.7. The Morgan fingerprint density at radius 1 is 1.26 bits per heavy atom. The second-order valence-electron chi connectivity index (χ2n) is 4.27. The first kappa shape index (κ1) is 14.9. The summed E-state index contributed by atoms with van der Waals surface area (Å²) in [6.07, 6.45) is 3.42. The number of carboxylic acid groups (broad SMARTS) is 1. The number of nitrogens with zero attached hydrogens (tertiary/aromatic N) is 4. The second kappa shape index (κ2) is 6.67. The van der Waals surface area contributed by atoms with E-state index in [1.807, 2.05) is 6.92 Å². The summed E-state index contributed by atoms with van der Waals surface area (Å²) < 4.78 is 0. The Kier molecular flexibility index (Phi) is 5.23. The highest BCUT2D eigenvalue weighted by atomic mass is 16.4. The van der Waals surface area contributed by atoms with Crippen LogP contribution >= 0.6 is 0 Å². The quantitative estimate of drug-likeness (QED) is 0.806. The zero-order valence-electron chi connectivity index (χ0n) is 11.3. The molecule has 1 N–H and O–H groups in total. The minimum Gasteiger partial charge on any atom is -0.476 e. The Balaban J connectivity index is 2.86. The van der Waals surface area contributed by atoms with E-state index >= 15 is 0 Å². The fourth-order valence-electron chi connectivity index (χ4n) is 1.44. The van der Waals surface area contributed by atoms with Crippen molar-refractivity contribution < 1.29 is 14.7 Å². The Bertz CT molecular complexity index is 445. The SMILES string of the molecule is CCCN(CC(=O)N(C)C)c1cnc(C(=O)O)cn1. The van der Waals surface area contributed by atoms with Gasteiger partial charge in [0.05, 0.1) is 18.9 Å². The lowest BCUT2D eigenvalue weighted by Gasteiger charge is -2.23. The molecule has 7 heteroatoms. The molecule has 1 heterocycles. The molecule has 0 aliphatic carbocycles. The predicted molar refractivity (Wildman–Crippen MR) is 70.2 cm³/mol. The molecule has 1 rings (SSSR count). The number of carbonyl (C=O) groups excluding carboxylic acids is 1. The number of aromatic nitrogens is 2. The number of aromatic carboxylic acids is 1. The van der Waals surface area contributed by atoms with Crippen LogP contribution in [0.1, 0.15) is 23.8 Å². The van der Waals surface area contributed by atoms with Gasteiger partial charge in [-0.2, -0.15) is 0 Å². The van der Waals surface area contributed by atoms with Crippen molar-refractivity contribution in [2.24, 2.45) is 0 Å². The van der Waals surface area contributed by atoms with E-state index in [4.69, 9.17) is 5.11 Å². The molecule has 0 radical (unpaired) electrons. The van der Waals surface area contributed by atoms with Crippen LogP contribution in [0.2, 0.25) is 0 Å². The summed E-state index contributed by atoms with van der Waals surface area (Å²) in [6.45, 7) is 2.84. The molecule has 0 aromatic carbocycles. The van der Waals surface area contributed by atoms with E-state index in [-0.39, 0.29) is 18.1 Å². The van der Waals surface area contributed by atoms with Gasteiger partial charge in [-0.15, -0.1) is 0 Å². The third-order valence-corrected chi connectivity index (χ3v) is 2.50. The average Bonchev–Trinajstić information content (AvgIpc) is 2.38. The Labute approximate surface area is 111 Å². The van der Waals surface area contributed by atoms with E-state index < -0.39 is 5.97 Å². The van der Waals surface area contributed by atoms with Crippen LogP contribution in [0.5, 0.6) is 0 Å². The monoisotopic (exact) mass is 266 g/mol. The highest BCUT2D eigenvalue weighted by Gasteiger charge is 2.14. The lowest BCUT2D eigenvalue weighted by Crippen LogP contribution is -2.37. The molecule has 104 valence electrons. The first-order chi connectivity index (χ1) is 8.95. The molecule has 0 aliphatic heterocycles. The van der Waals surface area contributed by atoms with Crippen molar-refractivity contribution in [2.75, 3.05) is 32.1 Å². The van der Waals surface area contributed by atoms with Gasteiger partial charge in [0.15, 0.2) is 5.69 Å². The number of amides is 1. The molecule has 0 unspecified atom stereocenters. The van der Waals surface area contributed by atoms with E-state index in [1.54, 1.807) is 19.0 Å². The smallest absolute Gasteiger partial charge is 0.356 e. The average molecular weight is 266 g/mol. The van der Waals surface area contributed by atoms with Gasteiger partial charge < -0.3 is 14.9 Å². The molecule has 0 fully saturated rings. The van der Waals surface area contributed by atoms with Crippen LogP contribution in [0.3, 0.4) is 0 Å². The molecule has 7 nitrogen and oxygen atoms in total. The molecule has 1 aromatic heterocycles. The molecule has 0 saturated carbocycles. The van der Waals surface area contributed by atoms with Gasteiger partial charge in [0.2, 0.25) is 5.91 Å². The van der Waals surface area contributed by atoms with Crippen LogP contribution in [0.4, 0.5) is 5.82 Å². The van der Waals surface area contributed by atoms with E-state index in [1.165, 1.54) is 17.3 Å². The van der Waals surface area contributed by atoms with Crippen LogP contribution in [0, 0.1) is 0 Å². The van der Waals surface area contributed by atoms with Gasteiger partial charge in [-0.25, -0.2) is 14.8 Å². The van der Waals surface area contributed by atoms with Crippen molar-refractivity contribution in [3.05, 3.63) is 18.1 Å². The van der Waals surface area contributed by atoms with E-state index in [0.29, 0.717) is 12.4 Å². The number of rotatable bonds is 6. The second-order valence-corrected chi connectivity index (χ2v) is 4.27. The van der Waals surface area contributed by atoms with Crippen molar-refractivity contribution in [2.45, 2.75) is 13.3 Å². The molecule has 0 bridgehead atoms. The van der Waals surface area contributed by atoms with E-state index in [0.717, 1.165) is 6.42 Å². The Hall–Kier alpha value is -2.18. The summed E-state index contributed by atoms with van der Waals surface area (Å²) >= 11 is 0. The molecule has 0 spiro atoms. The molecule has 1 amide bonds. The predicted octanol–water partition coefficient (Wildman–Crippen LogP) is 0.479. The summed E-state index contributed by atoms with van der Waals surface area (Å²) in [5.41, 5.74) is -0.112. The minimum atomic E-state index is -1.12. The van der Waals surface area contributed by atoms with Crippen molar-refractivity contribution >= 4 is 17.7 Å². The summed E-state index contributed by atoms with van der Waals surface area (Å²) in [6, 6.07) is 0. The van der Waals surface area contributed by atoms with E-state index in [9.17, 15) is 9.59 Å². The Morgan fingerprint density at radius 3 is 2.37 bits per heavy atom. The molecule has 0 saturated heterocycles. The maximum atomic E-state index is 11.7. The molecule has 19 heavy (non-hydrogen) atoms. The Morgan fingerprint density at radius 2 is 1.95 bits per heavy atom. The lowest BCUT2D eigenvalue weighted by molar-refractivity contribution is -0.127. The van der Waals surface area contributed by atoms with Crippen LogP contribution in [0.15, 0.2) is 12.4 Å². The van der Waals surface area contributed by atoms with Crippen molar-refractivity contribution in [3.8, 4) is 0 Å². The van der Waals surface area contributed by atoms with Gasteiger partial charge >= 0.3 is 5.97 Å². The standard InChI is InChI=1S/C12H18N4O3/c1-4-5-16(8-11(17)15(2)3)10-7-13-9(6-14-10)12(18)19/h6-7H,4-5,8H2,1-3H3,(H,18,19). The maximum Gasteiger partial charge on any atom is 0.356 e. The summed E-state index contributed by atoms with van der Waals surface area (Å²) in [7, 11) is 3.37. The first-order valence-electron chi connectivity index (χ1n) is 5.96. The highest BCUT2D eigenvalue weighted by molar-refractivity contribution is 5.85. The van der Waals surface area contributed by atoms with Crippen LogP contribution in [-0.4, -0.2) is 59.0 Å². The largest absolute Gasteiger partial charge is 0.476 e. The zero-order valence-corrected chi connectivity index (χ0v) is 11.3. The van der Waals surface area contributed by atoms with Crippen LogP contribution in [0.25, 0.3) is 0 Å². The topological polar surface area (TPSA) is 86.6 Å². The first-order valence-corrected chi connectivity index (χ1v) is 5.96. The molecular weight excluding hydrogens is 248 g/mol. The van der Waals surface area contributed by atoms with Crippen LogP contribution < -0.4 is 4.90 Å². The summed E-state index contributed by atoms with van der Waals surface area (Å²) in [5.74, 6) is -0.662. The fourth-order valence-corrected chi connectivity index (χ4v) is 1.44. The molecular formula is C12H18N4O3. The van der Waals surface area contributed by atoms with Gasteiger partial charge in [0, 0.05) is 20.6 Å². The lowest BCUT2D eigenvalue weighted by atomic mass is 10.3.